The van der Waals surface area contributed by atoms with Crippen LogP contribution in [0.4, 0.5) is 0 Å². The van der Waals surface area contributed by atoms with E-state index >= 15 is 0 Å². The molecule has 1 rings (SSSR count). The Kier molecular flexibility index (Phi) is 8.20. The number of nitrogens with zero attached hydrogens (tertiary/aromatic N) is 1. The summed E-state index contributed by atoms with van der Waals surface area (Å²) in [5.41, 5.74) is 5.13. The Hall–Kier alpha value is -2.46. The summed E-state index contributed by atoms with van der Waals surface area (Å²) in [5, 5.41) is 0. The van der Waals surface area contributed by atoms with Crippen molar-refractivity contribution in [1.29, 1.82) is 0 Å². The van der Waals surface area contributed by atoms with Crippen molar-refractivity contribution in [3.05, 3.63) is 29.8 Å². The van der Waals surface area contributed by atoms with Gasteiger partial charge in [-0.1, -0.05) is 17.7 Å². The number of ether oxygens (including phenoxy) is 1. The van der Waals surface area contributed by atoms with Crippen LogP contribution in [0, 0.1) is 6.92 Å². The Labute approximate surface area is 152 Å². The first-order valence-corrected chi connectivity index (χ1v) is 9.37. The van der Waals surface area contributed by atoms with E-state index < -0.39 is 34.4 Å². The number of esters is 1. The third-order valence-corrected chi connectivity index (χ3v) is 5.12. The fraction of sp³-hybridized carbons (Fsp3) is 0.438. The van der Waals surface area contributed by atoms with Gasteiger partial charge in [-0.2, -0.15) is 4.31 Å². The van der Waals surface area contributed by atoms with Crippen LogP contribution in [0.1, 0.15) is 25.3 Å². The van der Waals surface area contributed by atoms with E-state index in [4.69, 9.17) is 0 Å². The predicted molar refractivity (Wildman–Crippen MR) is 93.1 cm³/mol. The Morgan fingerprint density at radius 3 is 2.19 bits per heavy atom. The lowest BCUT2D eigenvalue weighted by atomic mass is 10.2. The SMILES string of the molecule is CCOC(=O)CCC(=O)NNC(=O)CN(C)S(=O)(=O)c1ccc(C)cc1. The fourth-order valence-electron chi connectivity index (χ4n) is 1.87. The minimum Gasteiger partial charge on any atom is -0.466 e. The van der Waals surface area contributed by atoms with Gasteiger partial charge in [0.2, 0.25) is 15.9 Å². The average molecular weight is 385 g/mol. The van der Waals surface area contributed by atoms with Gasteiger partial charge in [0.1, 0.15) is 0 Å². The zero-order valence-corrected chi connectivity index (χ0v) is 15.8. The number of sulfonamides is 1. The normalized spacial score (nSPS) is 11.1. The average Bonchev–Trinajstić information content (AvgIpc) is 2.58. The number of hydrazine groups is 1. The van der Waals surface area contributed by atoms with E-state index in [1.807, 2.05) is 6.92 Å². The first kappa shape index (κ1) is 21.6. The quantitative estimate of drug-likeness (QED) is 0.484. The minimum absolute atomic E-state index is 0.0665. The molecule has 1 aromatic rings. The van der Waals surface area contributed by atoms with Gasteiger partial charge in [-0.05, 0) is 26.0 Å². The van der Waals surface area contributed by atoms with Gasteiger partial charge >= 0.3 is 5.97 Å². The number of benzene rings is 1. The van der Waals surface area contributed by atoms with Crippen LogP contribution in [0.5, 0.6) is 0 Å². The van der Waals surface area contributed by atoms with E-state index in [1.54, 1.807) is 19.1 Å². The van der Waals surface area contributed by atoms with Crippen LogP contribution in [0.25, 0.3) is 0 Å². The van der Waals surface area contributed by atoms with Gasteiger partial charge in [0.05, 0.1) is 24.5 Å². The molecule has 0 heterocycles. The summed E-state index contributed by atoms with van der Waals surface area (Å²) in [5.74, 6) is -1.82. The highest BCUT2D eigenvalue weighted by molar-refractivity contribution is 7.89. The monoisotopic (exact) mass is 385 g/mol. The fourth-order valence-corrected chi connectivity index (χ4v) is 2.99. The molecule has 0 aromatic heterocycles. The summed E-state index contributed by atoms with van der Waals surface area (Å²) in [6, 6.07) is 6.22. The van der Waals surface area contributed by atoms with Gasteiger partial charge in [-0.3, -0.25) is 25.2 Å². The lowest BCUT2D eigenvalue weighted by molar-refractivity contribution is -0.144. The van der Waals surface area contributed by atoms with Gasteiger partial charge < -0.3 is 4.74 Å². The molecule has 0 aliphatic rings. The van der Waals surface area contributed by atoms with Crippen LogP contribution >= 0.6 is 0 Å². The van der Waals surface area contributed by atoms with E-state index in [0.717, 1.165) is 9.87 Å². The maximum absolute atomic E-state index is 12.4. The molecule has 0 bridgehead atoms. The Bertz CT molecular complexity index is 746. The molecule has 144 valence electrons. The number of likely N-dealkylation sites (N-methyl/N-ethyl adjacent to an activating group) is 1. The van der Waals surface area contributed by atoms with E-state index in [2.05, 4.69) is 15.6 Å². The minimum atomic E-state index is -3.82. The number of nitrogens with one attached hydrogen (secondary N) is 2. The van der Waals surface area contributed by atoms with Crippen LogP contribution < -0.4 is 10.9 Å². The smallest absolute Gasteiger partial charge is 0.306 e. The molecular formula is C16H23N3O6S. The predicted octanol–water partition coefficient (Wildman–Crippen LogP) is 0.106. The second-order valence-corrected chi connectivity index (χ2v) is 7.52. The summed E-state index contributed by atoms with van der Waals surface area (Å²) in [7, 11) is -2.56. The molecule has 0 radical (unpaired) electrons. The van der Waals surface area contributed by atoms with E-state index in [1.165, 1.54) is 19.2 Å². The summed E-state index contributed by atoms with van der Waals surface area (Å²) < 4.78 is 30.3. The maximum Gasteiger partial charge on any atom is 0.306 e. The van der Waals surface area contributed by atoms with E-state index in [0.29, 0.717) is 0 Å². The molecule has 0 saturated carbocycles. The number of carbonyl (C=O) groups is 3. The van der Waals surface area contributed by atoms with Crippen molar-refractivity contribution in [2.24, 2.45) is 0 Å². The molecule has 2 amide bonds. The standard InChI is InChI=1S/C16H23N3O6S/c1-4-25-16(22)10-9-14(20)17-18-15(21)11-19(3)26(23,24)13-7-5-12(2)6-8-13/h5-8H,4,9-11H2,1-3H3,(H,17,20)(H,18,21). The summed E-state index contributed by atoms with van der Waals surface area (Å²) in [6.45, 7) is 3.23. The number of rotatable bonds is 8. The highest BCUT2D eigenvalue weighted by Crippen LogP contribution is 2.14. The van der Waals surface area contributed by atoms with Gasteiger partial charge in [0, 0.05) is 13.5 Å². The molecule has 10 heteroatoms. The van der Waals surface area contributed by atoms with Crippen LogP contribution in [0.3, 0.4) is 0 Å². The van der Waals surface area contributed by atoms with Crippen molar-refractivity contribution in [1.82, 2.24) is 15.2 Å². The molecule has 0 atom stereocenters. The third-order valence-electron chi connectivity index (χ3n) is 3.30. The van der Waals surface area contributed by atoms with Crippen molar-refractivity contribution in [3.8, 4) is 0 Å². The highest BCUT2D eigenvalue weighted by Gasteiger charge is 2.23. The van der Waals surface area contributed by atoms with Crippen molar-refractivity contribution >= 4 is 27.8 Å². The zero-order chi connectivity index (χ0) is 19.7. The molecule has 2 N–H and O–H groups in total. The zero-order valence-electron chi connectivity index (χ0n) is 14.9. The second-order valence-electron chi connectivity index (χ2n) is 5.48. The molecule has 0 aliphatic carbocycles. The molecule has 0 unspecified atom stereocenters. The van der Waals surface area contributed by atoms with E-state index in [-0.39, 0.29) is 24.3 Å². The Morgan fingerprint density at radius 2 is 1.62 bits per heavy atom. The second kappa shape index (κ2) is 9.88. The molecular weight excluding hydrogens is 362 g/mol. The summed E-state index contributed by atoms with van der Waals surface area (Å²) >= 11 is 0. The number of carbonyl (C=O) groups excluding carboxylic acids is 3. The third kappa shape index (κ3) is 6.81. The Morgan fingerprint density at radius 1 is 1.04 bits per heavy atom. The van der Waals surface area contributed by atoms with Gasteiger partial charge in [0.15, 0.2) is 0 Å². The molecule has 0 saturated heterocycles. The van der Waals surface area contributed by atoms with Crippen molar-refractivity contribution in [3.63, 3.8) is 0 Å². The lowest BCUT2D eigenvalue weighted by Crippen LogP contribution is -2.46. The van der Waals surface area contributed by atoms with Crippen LogP contribution in [0.15, 0.2) is 29.2 Å². The molecule has 1 aromatic carbocycles. The first-order valence-electron chi connectivity index (χ1n) is 7.93. The number of aryl methyl sites for hydroxylation is 1. The van der Waals surface area contributed by atoms with Crippen molar-refractivity contribution in [2.45, 2.75) is 31.6 Å². The number of amides is 2. The largest absolute Gasteiger partial charge is 0.466 e. The van der Waals surface area contributed by atoms with Gasteiger partial charge in [-0.15, -0.1) is 0 Å². The molecule has 0 spiro atoms. The summed E-state index contributed by atoms with van der Waals surface area (Å²) in [4.78, 5) is 34.5. The molecule has 0 fully saturated rings. The summed E-state index contributed by atoms with van der Waals surface area (Å²) in [6.07, 6.45) is -0.270. The van der Waals surface area contributed by atoms with Gasteiger partial charge in [-0.25, -0.2) is 8.42 Å². The van der Waals surface area contributed by atoms with Crippen LogP contribution in [0.2, 0.25) is 0 Å². The first-order chi connectivity index (χ1) is 12.2. The lowest BCUT2D eigenvalue weighted by Gasteiger charge is -2.17. The van der Waals surface area contributed by atoms with Crippen LogP contribution in [-0.2, 0) is 29.1 Å². The topological polar surface area (TPSA) is 122 Å². The molecule has 26 heavy (non-hydrogen) atoms. The van der Waals surface area contributed by atoms with Crippen molar-refractivity contribution < 1.29 is 27.5 Å². The van der Waals surface area contributed by atoms with Crippen LogP contribution in [-0.4, -0.2) is 50.7 Å². The Balaban J connectivity index is 2.48. The molecule has 9 nitrogen and oxygen atoms in total. The molecule has 0 aliphatic heterocycles. The number of hydrogen-bond donors (Lipinski definition) is 2. The number of hydrogen-bond acceptors (Lipinski definition) is 6. The van der Waals surface area contributed by atoms with E-state index in [9.17, 15) is 22.8 Å². The van der Waals surface area contributed by atoms with Crippen molar-refractivity contribution in [2.75, 3.05) is 20.2 Å². The maximum atomic E-state index is 12.4. The highest BCUT2D eigenvalue weighted by atomic mass is 32.2. The van der Waals surface area contributed by atoms with Gasteiger partial charge in [0.25, 0.3) is 5.91 Å².